The summed E-state index contributed by atoms with van der Waals surface area (Å²) in [5, 5.41) is 12.3. The minimum Gasteiger partial charge on any atom is -0.492 e. The van der Waals surface area contributed by atoms with Crippen LogP contribution in [0.3, 0.4) is 0 Å². The number of alkyl halides is 2. The fourth-order valence-electron chi connectivity index (χ4n) is 3.33. The molecule has 0 aromatic heterocycles. The lowest BCUT2D eigenvalue weighted by Crippen LogP contribution is -2.24. The molecule has 0 saturated heterocycles. The molecular weight excluding hydrogens is 532 g/mol. The van der Waals surface area contributed by atoms with E-state index in [2.05, 4.69) is 14.8 Å². The lowest BCUT2D eigenvalue weighted by atomic mass is 9.99. The maximum atomic E-state index is 13.8. The maximum absolute atomic E-state index is 13.8. The number of nitrogens with one attached hydrogen (secondary N) is 2. The number of aliphatic hydroxyl groups is 1. The van der Waals surface area contributed by atoms with Gasteiger partial charge < -0.3 is 19.9 Å². The molecule has 0 aliphatic heterocycles. The molecule has 3 aromatic rings. The summed E-state index contributed by atoms with van der Waals surface area (Å²) < 4.78 is 78.0. The topological polar surface area (TPSA) is 114 Å². The molecule has 3 N–H and O–H groups in total. The van der Waals surface area contributed by atoms with Crippen molar-refractivity contribution in [1.82, 2.24) is 0 Å². The van der Waals surface area contributed by atoms with Crippen molar-refractivity contribution in [3.05, 3.63) is 78.1 Å². The van der Waals surface area contributed by atoms with Crippen molar-refractivity contribution in [3.63, 3.8) is 0 Å². The molecule has 198 valence electrons. The third-order valence-electron chi connectivity index (χ3n) is 4.93. The molecule has 0 bridgehead atoms. The van der Waals surface area contributed by atoms with E-state index in [9.17, 15) is 31.5 Å². The van der Waals surface area contributed by atoms with E-state index >= 15 is 0 Å². The highest BCUT2D eigenvalue weighted by molar-refractivity contribution is 7.92. The van der Waals surface area contributed by atoms with Crippen LogP contribution in [0.25, 0.3) is 0 Å². The van der Waals surface area contributed by atoms with Crippen molar-refractivity contribution in [2.75, 3.05) is 23.3 Å². The van der Waals surface area contributed by atoms with Crippen molar-refractivity contribution >= 4 is 36.5 Å². The molecule has 8 nitrogen and oxygen atoms in total. The van der Waals surface area contributed by atoms with Gasteiger partial charge in [-0.15, -0.1) is 0 Å². The number of hydrogen-bond donors (Lipinski definition) is 3. The first-order valence-electron chi connectivity index (χ1n) is 10.8. The Kier molecular flexibility index (Phi) is 9.01. The van der Waals surface area contributed by atoms with Crippen molar-refractivity contribution in [2.45, 2.75) is 23.6 Å². The Morgan fingerprint density at radius 2 is 1.70 bits per heavy atom. The predicted molar refractivity (Wildman–Crippen MR) is 135 cm³/mol. The van der Waals surface area contributed by atoms with E-state index in [1.165, 1.54) is 18.2 Å². The van der Waals surface area contributed by atoms with Crippen LogP contribution >= 0.6 is 9.24 Å². The van der Waals surface area contributed by atoms with Gasteiger partial charge in [-0.25, -0.2) is 12.8 Å². The molecule has 37 heavy (non-hydrogen) atoms. The average Bonchev–Trinajstić information content (AvgIpc) is 2.81. The smallest absolute Gasteiger partial charge is 0.408 e. The van der Waals surface area contributed by atoms with Gasteiger partial charge in [0, 0.05) is 17.8 Å². The molecule has 0 aliphatic rings. The number of carbonyl (C=O) groups is 1. The molecule has 3 rings (SSSR count). The van der Waals surface area contributed by atoms with Crippen molar-refractivity contribution in [1.29, 1.82) is 0 Å². The minimum atomic E-state index is -4.35. The van der Waals surface area contributed by atoms with Gasteiger partial charge in [0.25, 0.3) is 10.0 Å². The number of sulfonamides is 1. The SMILES string of the molecule is CCOc1cc(NC(=O)[C@@H](CO)c2ccccc2)ccc1S(=O)(=O)Nc1ccc(F)c(OC(F)(F)P)c1. The van der Waals surface area contributed by atoms with Crippen LogP contribution in [0.1, 0.15) is 18.4 Å². The fourth-order valence-corrected chi connectivity index (χ4v) is 4.64. The molecule has 2 atom stereocenters. The summed E-state index contributed by atoms with van der Waals surface area (Å²) in [5.41, 5.74) is 0.569. The molecule has 0 spiro atoms. The standard InChI is InChI=1S/C24H24F3N2O6PS/c1-2-34-21-12-16(28-23(31)18(14-30)15-6-4-3-5-7-15)9-11-22(21)37(32,33)29-17-8-10-19(25)20(13-17)35-24(26,27)36/h3-13,18,29-30H,2,14,36H2,1H3,(H,28,31)/t18-/m0/s1. The summed E-state index contributed by atoms with van der Waals surface area (Å²) in [5.74, 6) is -7.23. The van der Waals surface area contributed by atoms with Crippen LogP contribution in [-0.4, -0.2) is 38.5 Å². The first-order valence-corrected chi connectivity index (χ1v) is 12.9. The van der Waals surface area contributed by atoms with E-state index in [1.54, 1.807) is 37.3 Å². The second-order valence-corrected chi connectivity index (χ2v) is 9.97. The Morgan fingerprint density at radius 3 is 2.32 bits per heavy atom. The van der Waals surface area contributed by atoms with Gasteiger partial charge in [0.15, 0.2) is 11.6 Å². The summed E-state index contributed by atoms with van der Waals surface area (Å²) >= 11 is 0. The normalized spacial score (nSPS) is 12.5. The van der Waals surface area contributed by atoms with E-state index in [0.29, 0.717) is 5.56 Å². The Labute approximate surface area is 214 Å². The highest BCUT2D eigenvalue weighted by atomic mass is 32.2. The summed E-state index contributed by atoms with van der Waals surface area (Å²) in [6.45, 7) is 1.26. The first-order chi connectivity index (χ1) is 17.4. The number of hydrogen-bond acceptors (Lipinski definition) is 6. The summed E-state index contributed by atoms with van der Waals surface area (Å²) in [6, 6.07) is 15.0. The number of benzene rings is 3. The molecule has 1 unspecified atom stereocenters. The van der Waals surface area contributed by atoms with Crippen LogP contribution in [-0.2, 0) is 14.8 Å². The van der Waals surface area contributed by atoms with Gasteiger partial charge in [0.05, 0.1) is 24.8 Å². The van der Waals surface area contributed by atoms with Gasteiger partial charge in [-0.3, -0.25) is 9.52 Å². The Morgan fingerprint density at radius 1 is 1.05 bits per heavy atom. The summed E-state index contributed by atoms with van der Waals surface area (Å²) in [7, 11) is -3.26. The minimum absolute atomic E-state index is 0.0843. The van der Waals surface area contributed by atoms with E-state index in [1.807, 2.05) is 0 Å². The lowest BCUT2D eigenvalue weighted by molar-refractivity contribution is -0.118. The number of halogens is 3. The maximum Gasteiger partial charge on any atom is 0.408 e. The molecule has 0 fully saturated rings. The number of carbonyl (C=O) groups excluding carboxylic acids is 1. The molecule has 3 aromatic carbocycles. The zero-order chi connectivity index (χ0) is 27.2. The Bertz CT molecular complexity index is 1350. The van der Waals surface area contributed by atoms with E-state index < -0.39 is 45.9 Å². The average molecular weight is 556 g/mol. The van der Waals surface area contributed by atoms with E-state index in [-0.39, 0.29) is 28.6 Å². The van der Waals surface area contributed by atoms with Crippen LogP contribution < -0.4 is 19.5 Å². The molecule has 0 heterocycles. The molecular formula is C24H24F3N2O6PS. The highest BCUT2D eigenvalue weighted by Gasteiger charge is 2.27. The van der Waals surface area contributed by atoms with Gasteiger partial charge in [-0.05, 0) is 46.0 Å². The lowest BCUT2D eigenvalue weighted by Gasteiger charge is -2.18. The zero-order valence-corrected chi connectivity index (χ0v) is 21.4. The fraction of sp³-hybridized carbons (Fsp3) is 0.208. The molecule has 0 saturated carbocycles. The third-order valence-corrected chi connectivity index (χ3v) is 6.47. The van der Waals surface area contributed by atoms with Crippen LogP contribution in [0.5, 0.6) is 11.5 Å². The van der Waals surface area contributed by atoms with Gasteiger partial charge in [0.1, 0.15) is 10.6 Å². The largest absolute Gasteiger partial charge is 0.492 e. The zero-order valence-electron chi connectivity index (χ0n) is 19.5. The first kappa shape index (κ1) is 28.2. The number of amides is 1. The monoisotopic (exact) mass is 556 g/mol. The van der Waals surface area contributed by atoms with Crippen molar-refractivity contribution in [2.24, 2.45) is 0 Å². The number of rotatable bonds is 11. The molecule has 0 radical (unpaired) electrons. The van der Waals surface area contributed by atoms with Crippen LogP contribution in [0, 0.1) is 5.82 Å². The summed E-state index contributed by atoms with van der Waals surface area (Å²) in [4.78, 5) is 12.4. The van der Waals surface area contributed by atoms with Gasteiger partial charge in [-0.1, -0.05) is 30.3 Å². The second kappa shape index (κ2) is 11.8. The van der Waals surface area contributed by atoms with E-state index in [4.69, 9.17) is 4.74 Å². The van der Waals surface area contributed by atoms with Gasteiger partial charge in [0.2, 0.25) is 5.91 Å². The number of anilines is 2. The van der Waals surface area contributed by atoms with E-state index in [0.717, 1.165) is 27.4 Å². The van der Waals surface area contributed by atoms with Crippen molar-refractivity contribution < 1.29 is 41.0 Å². The Hall–Kier alpha value is -3.34. The Balaban J connectivity index is 1.86. The van der Waals surface area contributed by atoms with Gasteiger partial charge >= 0.3 is 5.85 Å². The highest BCUT2D eigenvalue weighted by Crippen LogP contribution is 2.33. The summed E-state index contributed by atoms with van der Waals surface area (Å²) in [6.07, 6.45) is 0. The third kappa shape index (κ3) is 7.58. The number of ether oxygens (including phenoxy) is 2. The van der Waals surface area contributed by atoms with Crippen molar-refractivity contribution in [3.8, 4) is 11.5 Å². The molecule has 1 amide bonds. The molecule has 0 aliphatic carbocycles. The van der Waals surface area contributed by atoms with Gasteiger partial charge in [-0.2, -0.15) is 8.78 Å². The van der Waals surface area contributed by atoms with Crippen LogP contribution in [0.15, 0.2) is 71.6 Å². The van der Waals surface area contributed by atoms with Crippen LogP contribution in [0.4, 0.5) is 24.5 Å². The predicted octanol–water partition coefficient (Wildman–Crippen LogP) is 4.54. The van der Waals surface area contributed by atoms with Crippen LogP contribution in [0.2, 0.25) is 0 Å². The quantitative estimate of drug-likeness (QED) is 0.299. The molecule has 13 heteroatoms. The number of aliphatic hydroxyl groups excluding tert-OH is 1. The second-order valence-electron chi connectivity index (χ2n) is 7.64.